The maximum atomic E-state index is 12.3. The zero-order chi connectivity index (χ0) is 25.5. The minimum atomic E-state index is -0.0494. The summed E-state index contributed by atoms with van der Waals surface area (Å²) in [6.07, 6.45) is 10.8. The summed E-state index contributed by atoms with van der Waals surface area (Å²) in [5.41, 5.74) is 0.133. The molecule has 0 saturated carbocycles. The number of unbranched alkanes of at least 4 members (excludes halogenated alkanes) is 5. The van der Waals surface area contributed by atoms with E-state index in [1.807, 2.05) is 0 Å². The van der Waals surface area contributed by atoms with Crippen LogP contribution in [0.15, 0.2) is 0 Å². The van der Waals surface area contributed by atoms with E-state index >= 15 is 0 Å². The SMILES string of the molecule is CC1CC(OC(=O)CCCCCCCCC(=O)OC2CC(C)N(C)C(C)(C)C2)CC(C)(C)N1C. The van der Waals surface area contributed by atoms with Gasteiger partial charge in [0.05, 0.1) is 0 Å². The van der Waals surface area contributed by atoms with E-state index in [1.54, 1.807) is 0 Å². The van der Waals surface area contributed by atoms with Gasteiger partial charge in [-0.25, -0.2) is 0 Å². The van der Waals surface area contributed by atoms with E-state index in [-0.39, 0.29) is 35.2 Å². The van der Waals surface area contributed by atoms with Crippen molar-refractivity contribution < 1.29 is 19.1 Å². The zero-order valence-electron chi connectivity index (χ0n) is 23.3. The number of hydrogen-bond donors (Lipinski definition) is 0. The summed E-state index contributed by atoms with van der Waals surface area (Å²) in [5, 5.41) is 0. The molecule has 6 heteroatoms. The topological polar surface area (TPSA) is 59.1 Å². The van der Waals surface area contributed by atoms with Crippen LogP contribution in [-0.4, -0.2) is 71.2 Å². The van der Waals surface area contributed by atoms with Crippen molar-refractivity contribution >= 4 is 11.9 Å². The number of piperidine rings is 2. The minimum absolute atomic E-state index is 0.0391. The van der Waals surface area contributed by atoms with Crippen LogP contribution in [0.4, 0.5) is 0 Å². The Bertz CT molecular complexity index is 607. The lowest BCUT2D eigenvalue weighted by atomic mass is 9.85. The van der Waals surface area contributed by atoms with E-state index in [0.717, 1.165) is 64.2 Å². The third-order valence-electron chi connectivity index (χ3n) is 8.50. The summed E-state index contributed by atoms with van der Waals surface area (Å²) in [7, 11) is 4.31. The Morgan fingerprint density at radius 3 is 1.32 bits per heavy atom. The van der Waals surface area contributed by atoms with Crippen molar-refractivity contribution in [1.29, 1.82) is 0 Å². The Hall–Kier alpha value is -1.14. The fourth-order valence-corrected chi connectivity index (χ4v) is 5.75. The molecule has 2 heterocycles. The molecule has 4 unspecified atom stereocenters. The molecule has 0 spiro atoms. The molecule has 0 bridgehead atoms. The molecule has 2 saturated heterocycles. The molecule has 0 N–H and O–H groups in total. The summed E-state index contributed by atoms with van der Waals surface area (Å²) in [5.74, 6) is -0.0987. The van der Waals surface area contributed by atoms with Gasteiger partial charge in [0.25, 0.3) is 0 Å². The lowest BCUT2D eigenvalue weighted by Gasteiger charge is -2.47. The maximum absolute atomic E-state index is 12.3. The number of hydrogen-bond acceptors (Lipinski definition) is 6. The molecular formula is C28H52N2O4. The highest BCUT2D eigenvalue weighted by atomic mass is 16.5. The van der Waals surface area contributed by atoms with Gasteiger partial charge in [-0.1, -0.05) is 25.7 Å². The van der Waals surface area contributed by atoms with Crippen molar-refractivity contribution in [3.63, 3.8) is 0 Å². The molecule has 0 amide bonds. The van der Waals surface area contributed by atoms with Gasteiger partial charge in [-0.15, -0.1) is 0 Å². The van der Waals surface area contributed by atoms with E-state index in [9.17, 15) is 9.59 Å². The first-order valence-electron chi connectivity index (χ1n) is 13.7. The largest absolute Gasteiger partial charge is 0.462 e. The summed E-state index contributed by atoms with van der Waals surface area (Å²) in [4.78, 5) is 29.3. The van der Waals surface area contributed by atoms with E-state index < -0.39 is 0 Å². The molecule has 4 atom stereocenters. The van der Waals surface area contributed by atoms with Crippen LogP contribution in [0.1, 0.15) is 119 Å². The van der Waals surface area contributed by atoms with E-state index in [0.29, 0.717) is 24.9 Å². The highest BCUT2D eigenvalue weighted by molar-refractivity contribution is 5.69. The van der Waals surface area contributed by atoms with E-state index in [1.165, 1.54) is 0 Å². The minimum Gasteiger partial charge on any atom is -0.462 e. The molecule has 2 fully saturated rings. The van der Waals surface area contributed by atoms with Crippen LogP contribution in [0.3, 0.4) is 0 Å². The van der Waals surface area contributed by atoms with Crippen LogP contribution < -0.4 is 0 Å². The second kappa shape index (κ2) is 12.7. The zero-order valence-corrected chi connectivity index (χ0v) is 23.3. The van der Waals surface area contributed by atoms with E-state index in [2.05, 4.69) is 65.4 Å². The number of esters is 2. The van der Waals surface area contributed by atoms with Gasteiger partial charge in [0.2, 0.25) is 0 Å². The Morgan fingerprint density at radius 2 is 1.00 bits per heavy atom. The number of nitrogens with zero attached hydrogens (tertiary/aromatic N) is 2. The predicted octanol–water partition coefficient (Wildman–Crippen LogP) is 5.72. The lowest BCUT2D eigenvalue weighted by Crippen LogP contribution is -2.54. The van der Waals surface area contributed by atoms with Crippen molar-refractivity contribution in [2.24, 2.45) is 0 Å². The third-order valence-corrected chi connectivity index (χ3v) is 8.50. The molecule has 198 valence electrons. The molecular weight excluding hydrogens is 428 g/mol. The smallest absolute Gasteiger partial charge is 0.306 e. The van der Waals surface area contributed by atoms with Crippen LogP contribution in [0, 0.1) is 0 Å². The average Bonchev–Trinajstić information content (AvgIpc) is 2.71. The third kappa shape index (κ3) is 8.82. The van der Waals surface area contributed by atoms with Gasteiger partial charge in [0, 0.05) is 48.8 Å². The molecule has 0 aromatic rings. The number of carbonyl (C=O) groups excluding carboxylic acids is 2. The highest BCUT2D eigenvalue weighted by Gasteiger charge is 2.39. The van der Waals surface area contributed by atoms with Crippen LogP contribution in [0.2, 0.25) is 0 Å². The molecule has 2 aliphatic rings. The van der Waals surface area contributed by atoms with Gasteiger partial charge in [-0.05, 0) is 81.3 Å². The number of rotatable bonds is 11. The average molecular weight is 481 g/mol. The van der Waals surface area contributed by atoms with Crippen molar-refractivity contribution in [2.45, 2.75) is 154 Å². The van der Waals surface area contributed by atoms with Crippen LogP contribution in [0.5, 0.6) is 0 Å². The molecule has 0 aromatic heterocycles. The summed E-state index contributed by atoms with van der Waals surface area (Å²) in [6.45, 7) is 13.3. The van der Waals surface area contributed by atoms with Crippen molar-refractivity contribution in [3.05, 3.63) is 0 Å². The van der Waals surface area contributed by atoms with Crippen molar-refractivity contribution in [1.82, 2.24) is 9.80 Å². The van der Waals surface area contributed by atoms with Crippen molar-refractivity contribution in [2.75, 3.05) is 14.1 Å². The Kier molecular flexibility index (Phi) is 10.9. The predicted molar refractivity (Wildman–Crippen MR) is 138 cm³/mol. The van der Waals surface area contributed by atoms with Gasteiger partial charge >= 0.3 is 11.9 Å². The fraction of sp³-hybridized carbons (Fsp3) is 0.929. The Balaban J connectivity index is 1.50. The van der Waals surface area contributed by atoms with Crippen LogP contribution in [0.25, 0.3) is 0 Å². The molecule has 0 radical (unpaired) electrons. The van der Waals surface area contributed by atoms with Gasteiger partial charge < -0.3 is 9.47 Å². The van der Waals surface area contributed by atoms with Crippen molar-refractivity contribution in [3.8, 4) is 0 Å². The second-order valence-corrected chi connectivity index (χ2v) is 12.3. The number of carbonyl (C=O) groups is 2. The molecule has 2 aliphatic heterocycles. The molecule has 6 nitrogen and oxygen atoms in total. The summed E-state index contributed by atoms with van der Waals surface area (Å²) < 4.78 is 11.6. The van der Waals surface area contributed by atoms with E-state index in [4.69, 9.17) is 9.47 Å². The first-order valence-corrected chi connectivity index (χ1v) is 13.7. The van der Waals surface area contributed by atoms with Gasteiger partial charge in [0.1, 0.15) is 12.2 Å². The Labute approximate surface area is 209 Å². The first kappa shape index (κ1) is 29.1. The highest BCUT2D eigenvalue weighted by Crippen LogP contribution is 2.33. The van der Waals surface area contributed by atoms with Gasteiger partial charge in [0.15, 0.2) is 0 Å². The molecule has 0 aliphatic carbocycles. The molecule has 34 heavy (non-hydrogen) atoms. The molecule has 2 rings (SSSR count). The summed E-state index contributed by atoms with van der Waals surface area (Å²) >= 11 is 0. The fourth-order valence-electron chi connectivity index (χ4n) is 5.75. The number of likely N-dealkylation sites (tertiary alicyclic amines) is 2. The standard InChI is InChI=1S/C28H52N2O4/c1-21-17-23(19-27(3,4)29(21)7)33-25(31)15-13-11-9-10-12-14-16-26(32)34-24-18-22(2)30(8)28(5,6)20-24/h21-24H,9-20H2,1-8H3. The van der Waals surface area contributed by atoms with Crippen LogP contribution in [-0.2, 0) is 19.1 Å². The van der Waals surface area contributed by atoms with Gasteiger partial charge in [-0.3, -0.25) is 19.4 Å². The quantitative estimate of drug-likeness (QED) is 0.279. The second-order valence-electron chi connectivity index (χ2n) is 12.3. The molecule has 0 aromatic carbocycles. The van der Waals surface area contributed by atoms with Gasteiger partial charge in [-0.2, -0.15) is 0 Å². The lowest BCUT2D eigenvalue weighted by molar-refractivity contribution is -0.156. The monoisotopic (exact) mass is 480 g/mol. The van der Waals surface area contributed by atoms with Crippen LogP contribution >= 0.6 is 0 Å². The maximum Gasteiger partial charge on any atom is 0.306 e. The number of ether oxygens (including phenoxy) is 2. The summed E-state index contributed by atoms with van der Waals surface area (Å²) in [6, 6.07) is 0.859. The normalized spacial score (nSPS) is 29.5. The Morgan fingerprint density at radius 1 is 0.676 bits per heavy atom. The first-order chi connectivity index (χ1) is 15.8.